The summed E-state index contributed by atoms with van der Waals surface area (Å²) in [6.45, 7) is 0.860. The maximum Gasteiger partial charge on any atom is 0.238 e. The number of nitrogens with one attached hydrogen (secondary N) is 2. The van der Waals surface area contributed by atoms with E-state index in [0.717, 1.165) is 21.5 Å². The number of benzene rings is 2. The van der Waals surface area contributed by atoms with Gasteiger partial charge in [0, 0.05) is 11.0 Å². The highest BCUT2D eigenvalue weighted by atomic mass is 79.9. The third kappa shape index (κ3) is 4.88. The van der Waals surface area contributed by atoms with Crippen molar-refractivity contribution in [3.63, 3.8) is 0 Å². The number of para-hydroxylation sites is 1. The molecule has 2 rings (SSSR count). The number of carbonyl (C=O) groups excluding carboxylic acids is 1. The van der Waals surface area contributed by atoms with Crippen LogP contribution in [0.25, 0.3) is 0 Å². The molecule has 2 N–H and O–H groups in total. The van der Waals surface area contributed by atoms with Crippen LogP contribution in [0.15, 0.2) is 53.0 Å². The molecule has 0 radical (unpaired) electrons. The average molecular weight is 349 g/mol. The standard InChI is InChI=1S/C16H17BrN2O2/c1-21-13-6-4-5-12(9-13)10-18-11-16(20)19-15-8-3-2-7-14(15)17/h2-9,18H,10-11H2,1H3,(H,19,20). The van der Waals surface area contributed by atoms with Crippen LogP contribution in [0.3, 0.4) is 0 Å². The first-order valence-corrected chi connectivity index (χ1v) is 7.36. The summed E-state index contributed by atoms with van der Waals surface area (Å²) in [6, 6.07) is 15.3. The summed E-state index contributed by atoms with van der Waals surface area (Å²) >= 11 is 3.40. The Bertz CT molecular complexity index is 617. The van der Waals surface area contributed by atoms with Crippen LogP contribution in [-0.4, -0.2) is 19.6 Å². The van der Waals surface area contributed by atoms with Crippen LogP contribution in [0.4, 0.5) is 5.69 Å². The van der Waals surface area contributed by atoms with Gasteiger partial charge in [0.25, 0.3) is 0 Å². The molecule has 5 heteroatoms. The van der Waals surface area contributed by atoms with Gasteiger partial charge in [-0.1, -0.05) is 24.3 Å². The predicted octanol–water partition coefficient (Wildman–Crippen LogP) is 3.19. The molecule has 0 aliphatic rings. The van der Waals surface area contributed by atoms with Gasteiger partial charge in [0.1, 0.15) is 5.75 Å². The predicted molar refractivity (Wildman–Crippen MR) is 87.5 cm³/mol. The minimum atomic E-state index is -0.0789. The molecule has 0 saturated heterocycles. The Balaban J connectivity index is 1.80. The fraction of sp³-hybridized carbons (Fsp3) is 0.188. The second-order valence-corrected chi connectivity index (χ2v) is 5.34. The molecule has 0 heterocycles. The van der Waals surface area contributed by atoms with E-state index in [1.165, 1.54) is 0 Å². The van der Waals surface area contributed by atoms with E-state index in [-0.39, 0.29) is 12.5 Å². The fourth-order valence-electron chi connectivity index (χ4n) is 1.86. The van der Waals surface area contributed by atoms with Crippen molar-refractivity contribution in [3.05, 3.63) is 58.6 Å². The number of rotatable bonds is 6. The minimum absolute atomic E-state index is 0.0789. The molecule has 0 bridgehead atoms. The smallest absolute Gasteiger partial charge is 0.238 e. The first kappa shape index (κ1) is 15.5. The minimum Gasteiger partial charge on any atom is -0.497 e. The Hall–Kier alpha value is -1.85. The van der Waals surface area contributed by atoms with E-state index in [9.17, 15) is 4.79 Å². The van der Waals surface area contributed by atoms with Gasteiger partial charge in [-0.25, -0.2) is 0 Å². The van der Waals surface area contributed by atoms with Crippen molar-refractivity contribution in [2.45, 2.75) is 6.54 Å². The molecular weight excluding hydrogens is 332 g/mol. The summed E-state index contributed by atoms with van der Waals surface area (Å²) in [6.07, 6.45) is 0. The number of carbonyl (C=O) groups is 1. The van der Waals surface area contributed by atoms with Gasteiger partial charge < -0.3 is 15.4 Å². The van der Waals surface area contributed by atoms with Crippen LogP contribution < -0.4 is 15.4 Å². The maximum absolute atomic E-state index is 11.9. The zero-order valence-electron chi connectivity index (χ0n) is 11.7. The molecule has 0 unspecified atom stereocenters. The lowest BCUT2D eigenvalue weighted by Gasteiger charge is -2.09. The number of amides is 1. The molecule has 0 aliphatic carbocycles. The number of methoxy groups -OCH3 is 1. The fourth-order valence-corrected chi connectivity index (χ4v) is 2.24. The quantitative estimate of drug-likeness (QED) is 0.842. The molecule has 2 aromatic rings. The van der Waals surface area contributed by atoms with Gasteiger partial charge in [-0.2, -0.15) is 0 Å². The summed E-state index contributed by atoms with van der Waals surface area (Å²) in [5.74, 6) is 0.733. The highest BCUT2D eigenvalue weighted by Crippen LogP contribution is 2.20. The molecule has 0 aliphatic heterocycles. The Labute approximate surface area is 132 Å². The van der Waals surface area contributed by atoms with Crippen LogP contribution in [0.1, 0.15) is 5.56 Å². The zero-order valence-corrected chi connectivity index (χ0v) is 13.3. The average Bonchev–Trinajstić information content (AvgIpc) is 2.50. The van der Waals surface area contributed by atoms with Gasteiger partial charge in [0.2, 0.25) is 5.91 Å². The molecule has 0 saturated carbocycles. The second-order valence-electron chi connectivity index (χ2n) is 4.48. The van der Waals surface area contributed by atoms with Gasteiger partial charge in [-0.3, -0.25) is 4.79 Å². The van der Waals surface area contributed by atoms with Crippen LogP contribution in [0.5, 0.6) is 5.75 Å². The summed E-state index contributed by atoms with van der Waals surface area (Å²) in [4.78, 5) is 11.9. The first-order chi connectivity index (χ1) is 10.2. The third-order valence-electron chi connectivity index (χ3n) is 2.90. The molecule has 21 heavy (non-hydrogen) atoms. The summed E-state index contributed by atoms with van der Waals surface area (Å²) < 4.78 is 6.03. The molecule has 4 nitrogen and oxygen atoms in total. The highest BCUT2D eigenvalue weighted by Gasteiger charge is 2.04. The lowest BCUT2D eigenvalue weighted by molar-refractivity contribution is -0.115. The molecule has 0 aromatic heterocycles. The Morgan fingerprint density at radius 3 is 2.76 bits per heavy atom. The van der Waals surface area contributed by atoms with E-state index in [1.54, 1.807) is 7.11 Å². The molecule has 2 aromatic carbocycles. The van der Waals surface area contributed by atoms with E-state index >= 15 is 0 Å². The monoisotopic (exact) mass is 348 g/mol. The SMILES string of the molecule is COc1cccc(CNCC(=O)Nc2ccccc2Br)c1. The Morgan fingerprint density at radius 1 is 1.19 bits per heavy atom. The van der Waals surface area contributed by atoms with Crippen molar-refractivity contribution >= 4 is 27.5 Å². The number of hydrogen-bond acceptors (Lipinski definition) is 3. The Morgan fingerprint density at radius 2 is 2.00 bits per heavy atom. The van der Waals surface area contributed by atoms with Gasteiger partial charge in [0.05, 0.1) is 19.3 Å². The van der Waals surface area contributed by atoms with Gasteiger partial charge >= 0.3 is 0 Å². The molecule has 110 valence electrons. The van der Waals surface area contributed by atoms with Crippen molar-refractivity contribution in [2.24, 2.45) is 0 Å². The number of anilines is 1. The molecule has 0 spiro atoms. The van der Waals surface area contributed by atoms with E-state index in [1.807, 2.05) is 48.5 Å². The number of halogens is 1. The normalized spacial score (nSPS) is 10.2. The largest absolute Gasteiger partial charge is 0.497 e. The molecule has 0 atom stereocenters. The van der Waals surface area contributed by atoms with E-state index < -0.39 is 0 Å². The second kappa shape index (κ2) is 7.81. The van der Waals surface area contributed by atoms with E-state index in [2.05, 4.69) is 26.6 Å². The zero-order chi connectivity index (χ0) is 15.1. The number of hydrogen-bond donors (Lipinski definition) is 2. The van der Waals surface area contributed by atoms with E-state index in [4.69, 9.17) is 4.74 Å². The lowest BCUT2D eigenvalue weighted by atomic mass is 10.2. The highest BCUT2D eigenvalue weighted by molar-refractivity contribution is 9.10. The lowest BCUT2D eigenvalue weighted by Crippen LogP contribution is -2.27. The van der Waals surface area contributed by atoms with Gasteiger partial charge in [-0.15, -0.1) is 0 Å². The third-order valence-corrected chi connectivity index (χ3v) is 3.59. The van der Waals surface area contributed by atoms with Crippen molar-refractivity contribution < 1.29 is 9.53 Å². The topological polar surface area (TPSA) is 50.4 Å². The maximum atomic E-state index is 11.9. The summed E-state index contributed by atoms with van der Waals surface area (Å²) in [5, 5.41) is 5.96. The van der Waals surface area contributed by atoms with Crippen molar-refractivity contribution in [2.75, 3.05) is 19.0 Å². The van der Waals surface area contributed by atoms with Crippen molar-refractivity contribution in [1.29, 1.82) is 0 Å². The van der Waals surface area contributed by atoms with Crippen LogP contribution in [-0.2, 0) is 11.3 Å². The molecule has 1 amide bonds. The Kier molecular flexibility index (Phi) is 5.78. The van der Waals surface area contributed by atoms with Crippen molar-refractivity contribution in [1.82, 2.24) is 5.32 Å². The van der Waals surface area contributed by atoms with Crippen LogP contribution in [0.2, 0.25) is 0 Å². The molecular formula is C16H17BrN2O2. The summed E-state index contributed by atoms with van der Waals surface area (Å²) in [5.41, 5.74) is 1.84. The van der Waals surface area contributed by atoms with Crippen molar-refractivity contribution in [3.8, 4) is 5.75 Å². The summed E-state index contributed by atoms with van der Waals surface area (Å²) in [7, 11) is 1.64. The van der Waals surface area contributed by atoms with Gasteiger partial charge in [0.15, 0.2) is 0 Å². The van der Waals surface area contributed by atoms with Gasteiger partial charge in [-0.05, 0) is 45.8 Å². The van der Waals surface area contributed by atoms with Crippen LogP contribution >= 0.6 is 15.9 Å². The van der Waals surface area contributed by atoms with Crippen LogP contribution in [0, 0.1) is 0 Å². The molecule has 0 fully saturated rings. The first-order valence-electron chi connectivity index (χ1n) is 6.57. The van der Waals surface area contributed by atoms with E-state index in [0.29, 0.717) is 6.54 Å². The number of ether oxygens (including phenoxy) is 1.